The Morgan fingerprint density at radius 3 is 2.88 bits per heavy atom. The van der Waals surface area contributed by atoms with E-state index in [1.54, 1.807) is 0 Å². The van der Waals surface area contributed by atoms with Crippen molar-refractivity contribution in [1.82, 2.24) is 4.90 Å². The summed E-state index contributed by atoms with van der Waals surface area (Å²) in [5, 5.41) is 0. The third-order valence-corrected chi connectivity index (χ3v) is 2.90. The van der Waals surface area contributed by atoms with Gasteiger partial charge in [-0.15, -0.1) is 0 Å². The number of methoxy groups -OCH3 is 1. The minimum atomic E-state index is -0.163. The van der Waals surface area contributed by atoms with E-state index in [0.717, 1.165) is 13.1 Å². The number of nitrogens with two attached hydrogens (primary N) is 1. The fraction of sp³-hybridized carbons (Fsp3) is 0.909. The van der Waals surface area contributed by atoms with E-state index in [1.165, 1.54) is 7.11 Å². The number of ether oxygens (including phenoxy) is 2. The lowest BCUT2D eigenvalue weighted by Gasteiger charge is -2.35. The molecule has 0 spiro atoms. The molecule has 16 heavy (non-hydrogen) atoms. The Morgan fingerprint density at radius 2 is 2.31 bits per heavy atom. The van der Waals surface area contributed by atoms with Crippen LogP contribution in [0.3, 0.4) is 0 Å². The zero-order valence-corrected chi connectivity index (χ0v) is 10.3. The molecule has 1 rings (SSSR count). The third kappa shape index (κ3) is 3.73. The topological polar surface area (TPSA) is 64.8 Å². The Balaban J connectivity index is 2.39. The minimum absolute atomic E-state index is 0.0243. The maximum Gasteiger partial charge on any atom is 0.309 e. The van der Waals surface area contributed by atoms with Crippen LogP contribution in [0.2, 0.25) is 0 Å². The van der Waals surface area contributed by atoms with E-state index in [9.17, 15) is 4.79 Å². The van der Waals surface area contributed by atoms with Crippen LogP contribution < -0.4 is 5.73 Å². The van der Waals surface area contributed by atoms with Crippen LogP contribution in [0.5, 0.6) is 0 Å². The summed E-state index contributed by atoms with van der Waals surface area (Å²) in [6, 6.07) is 0.0243. The summed E-state index contributed by atoms with van der Waals surface area (Å²) < 4.78 is 10.3. The highest BCUT2D eigenvalue weighted by atomic mass is 16.5. The molecule has 2 N–H and O–H groups in total. The predicted octanol–water partition coefficient (Wildman–Crippen LogP) is -0.156. The first kappa shape index (κ1) is 13.4. The molecule has 1 saturated heterocycles. The van der Waals surface area contributed by atoms with Gasteiger partial charge in [0.05, 0.1) is 25.7 Å². The first-order chi connectivity index (χ1) is 7.54. The molecule has 1 aliphatic heterocycles. The molecule has 0 radical (unpaired) electrons. The van der Waals surface area contributed by atoms with Crippen molar-refractivity contribution in [3.8, 4) is 0 Å². The maximum absolute atomic E-state index is 11.3. The van der Waals surface area contributed by atoms with E-state index < -0.39 is 0 Å². The second kappa shape index (κ2) is 6.18. The molecule has 0 saturated carbocycles. The van der Waals surface area contributed by atoms with E-state index in [1.807, 2.05) is 13.8 Å². The zero-order chi connectivity index (χ0) is 12.1. The van der Waals surface area contributed by atoms with Gasteiger partial charge in [0.1, 0.15) is 0 Å². The number of nitrogens with zero attached hydrogens (tertiary/aromatic N) is 1. The van der Waals surface area contributed by atoms with Gasteiger partial charge >= 0.3 is 5.97 Å². The predicted molar refractivity (Wildman–Crippen MR) is 61.0 cm³/mol. The molecule has 0 amide bonds. The molecule has 3 atom stereocenters. The van der Waals surface area contributed by atoms with Gasteiger partial charge in [-0.25, -0.2) is 0 Å². The summed E-state index contributed by atoms with van der Waals surface area (Å²) in [5.41, 5.74) is 5.80. The van der Waals surface area contributed by atoms with Gasteiger partial charge in [-0.2, -0.15) is 0 Å². The summed E-state index contributed by atoms with van der Waals surface area (Å²) in [6.07, 6.45) is 0.0681. The lowest BCUT2D eigenvalue weighted by atomic mass is 10.1. The highest BCUT2D eigenvalue weighted by molar-refractivity contribution is 5.72. The molecule has 5 nitrogen and oxygen atoms in total. The van der Waals surface area contributed by atoms with Crippen molar-refractivity contribution >= 4 is 5.97 Å². The van der Waals surface area contributed by atoms with Gasteiger partial charge in [0.15, 0.2) is 0 Å². The SMILES string of the molecule is COC(=O)C(C)CN1CCOC(C(C)N)C1. The van der Waals surface area contributed by atoms with Crippen LogP contribution in [-0.4, -0.2) is 56.4 Å². The first-order valence-corrected chi connectivity index (χ1v) is 5.72. The Hall–Kier alpha value is -0.650. The molecule has 3 unspecified atom stereocenters. The van der Waals surface area contributed by atoms with E-state index >= 15 is 0 Å². The van der Waals surface area contributed by atoms with Crippen molar-refractivity contribution in [2.45, 2.75) is 26.0 Å². The molecule has 1 heterocycles. The molecule has 1 aliphatic rings. The van der Waals surface area contributed by atoms with Crippen LogP contribution in [0, 0.1) is 5.92 Å². The highest BCUT2D eigenvalue weighted by Crippen LogP contribution is 2.10. The zero-order valence-electron chi connectivity index (χ0n) is 10.3. The van der Waals surface area contributed by atoms with Crippen molar-refractivity contribution in [2.75, 3.05) is 33.4 Å². The lowest BCUT2D eigenvalue weighted by Crippen LogP contribution is -2.50. The van der Waals surface area contributed by atoms with Gasteiger partial charge in [-0.3, -0.25) is 9.69 Å². The number of esters is 1. The number of hydrogen-bond acceptors (Lipinski definition) is 5. The summed E-state index contributed by atoms with van der Waals surface area (Å²) in [6.45, 7) is 6.85. The van der Waals surface area contributed by atoms with Crippen LogP contribution in [0.4, 0.5) is 0 Å². The average Bonchev–Trinajstić information content (AvgIpc) is 2.28. The van der Waals surface area contributed by atoms with Crippen molar-refractivity contribution in [1.29, 1.82) is 0 Å². The van der Waals surface area contributed by atoms with E-state index in [4.69, 9.17) is 15.2 Å². The third-order valence-electron chi connectivity index (χ3n) is 2.90. The van der Waals surface area contributed by atoms with Gasteiger partial charge in [-0.1, -0.05) is 6.92 Å². The highest BCUT2D eigenvalue weighted by Gasteiger charge is 2.26. The molecule has 0 aromatic rings. The Bertz CT molecular complexity index is 233. The van der Waals surface area contributed by atoms with E-state index in [0.29, 0.717) is 13.2 Å². The number of rotatable bonds is 4. The Morgan fingerprint density at radius 1 is 1.62 bits per heavy atom. The second-order valence-electron chi connectivity index (χ2n) is 4.45. The molecule has 0 aromatic heterocycles. The Labute approximate surface area is 96.9 Å². The smallest absolute Gasteiger partial charge is 0.309 e. The summed E-state index contributed by atoms with van der Waals surface area (Å²) >= 11 is 0. The largest absolute Gasteiger partial charge is 0.469 e. The van der Waals surface area contributed by atoms with Crippen LogP contribution >= 0.6 is 0 Å². The lowest BCUT2D eigenvalue weighted by molar-refractivity contribution is -0.146. The Kier molecular flexibility index (Phi) is 5.18. The number of morpholine rings is 1. The van der Waals surface area contributed by atoms with Crippen LogP contribution in [0.15, 0.2) is 0 Å². The monoisotopic (exact) mass is 230 g/mol. The summed E-state index contributed by atoms with van der Waals surface area (Å²) in [7, 11) is 1.42. The summed E-state index contributed by atoms with van der Waals surface area (Å²) in [4.78, 5) is 13.5. The van der Waals surface area contributed by atoms with Crippen molar-refractivity contribution < 1.29 is 14.3 Å². The quantitative estimate of drug-likeness (QED) is 0.680. The summed E-state index contributed by atoms with van der Waals surface area (Å²) in [5.74, 6) is -0.263. The second-order valence-corrected chi connectivity index (χ2v) is 4.45. The van der Waals surface area contributed by atoms with Crippen molar-refractivity contribution in [3.63, 3.8) is 0 Å². The fourth-order valence-corrected chi connectivity index (χ4v) is 1.88. The van der Waals surface area contributed by atoms with Crippen molar-refractivity contribution in [3.05, 3.63) is 0 Å². The first-order valence-electron chi connectivity index (χ1n) is 5.72. The molecule has 94 valence electrons. The number of carbonyl (C=O) groups excluding carboxylic acids is 1. The minimum Gasteiger partial charge on any atom is -0.469 e. The molecule has 5 heteroatoms. The molecular formula is C11H22N2O3. The van der Waals surface area contributed by atoms with E-state index in [2.05, 4.69) is 4.90 Å². The van der Waals surface area contributed by atoms with Gasteiger partial charge in [0.25, 0.3) is 0 Å². The van der Waals surface area contributed by atoms with Crippen LogP contribution in [-0.2, 0) is 14.3 Å². The standard InChI is InChI=1S/C11H22N2O3/c1-8(11(14)15-3)6-13-4-5-16-10(7-13)9(2)12/h8-10H,4-7,12H2,1-3H3. The van der Waals surface area contributed by atoms with Crippen molar-refractivity contribution in [2.24, 2.45) is 11.7 Å². The van der Waals surface area contributed by atoms with Gasteiger partial charge in [0, 0.05) is 25.7 Å². The fourth-order valence-electron chi connectivity index (χ4n) is 1.88. The molecule has 1 fully saturated rings. The van der Waals surface area contributed by atoms with E-state index in [-0.39, 0.29) is 24.0 Å². The van der Waals surface area contributed by atoms with Crippen LogP contribution in [0.1, 0.15) is 13.8 Å². The van der Waals surface area contributed by atoms with Gasteiger partial charge in [-0.05, 0) is 6.92 Å². The normalized spacial score (nSPS) is 26.1. The average molecular weight is 230 g/mol. The number of carbonyl (C=O) groups is 1. The molecular weight excluding hydrogens is 208 g/mol. The maximum atomic E-state index is 11.3. The molecule has 0 aromatic carbocycles. The van der Waals surface area contributed by atoms with Crippen LogP contribution in [0.25, 0.3) is 0 Å². The van der Waals surface area contributed by atoms with Gasteiger partial charge < -0.3 is 15.2 Å². The molecule has 0 aliphatic carbocycles. The van der Waals surface area contributed by atoms with Gasteiger partial charge in [0.2, 0.25) is 0 Å². The number of hydrogen-bond donors (Lipinski definition) is 1. The molecule has 0 bridgehead atoms.